The van der Waals surface area contributed by atoms with Crippen LogP contribution in [-0.2, 0) is 5.75 Å². The molecule has 0 fully saturated rings. The van der Waals surface area contributed by atoms with E-state index in [0.717, 1.165) is 23.5 Å². The average molecular weight is 213 g/mol. The zero-order valence-corrected chi connectivity index (χ0v) is 9.19. The van der Waals surface area contributed by atoms with Gasteiger partial charge < -0.3 is 5.73 Å². The van der Waals surface area contributed by atoms with Gasteiger partial charge >= 0.3 is 0 Å². The predicted molar refractivity (Wildman–Crippen MR) is 60.8 cm³/mol. The van der Waals surface area contributed by atoms with Crippen molar-refractivity contribution in [2.24, 2.45) is 5.73 Å². The van der Waals surface area contributed by atoms with Gasteiger partial charge in [0.1, 0.15) is 5.82 Å². The van der Waals surface area contributed by atoms with E-state index in [9.17, 15) is 4.39 Å². The summed E-state index contributed by atoms with van der Waals surface area (Å²) < 4.78 is 12.6. The summed E-state index contributed by atoms with van der Waals surface area (Å²) in [5.74, 6) is 1.70. The fourth-order valence-corrected chi connectivity index (χ4v) is 2.11. The molecule has 1 aromatic carbocycles. The van der Waals surface area contributed by atoms with Crippen LogP contribution in [0.1, 0.15) is 18.9 Å². The molecule has 0 amide bonds. The highest BCUT2D eigenvalue weighted by atomic mass is 32.2. The van der Waals surface area contributed by atoms with Crippen LogP contribution in [0.2, 0.25) is 0 Å². The fourth-order valence-electron chi connectivity index (χ4n) is 1.03. The molecule has 78 valence electrons. The minimum absolute atomic E-state index is 0.177. The molecule has 0 aliphatic heterocycles. The highest BCUT2D eigenvalue weighted by molar-refractivity contribution is 7.98. The zero-order chi connectivity index (χ0) is 10.4. The fraction of sp³-hybridized carbons (Fsp3) is 0.455. The van der Waals surface area contributed by atoms with Crippen molar-refractivity contribution in [1.29, 1.82) is 0 Å². The number of thioether (sulfide) groups is 1. The lowest BCUT2D eigenvalue weighted by Gasteiger charge is -2.07. The Bertz CT molecular complexity index is 260. The molecule has 0 saturated carbocycles. The van der Waals surface area contributed by atoms with E-state index in [1.807, 2.05) is 12.1 Å². The molecule has 0 aliphatic rings. The Morgan fingerprint density at radius 2 is 2.00 bits per heavy atom. The average Bonchev–Trinajstić information content (AvgIpc) is 2.21. The normalized spacial score (nSPS) is 12.8. The first-order valence-corrected chi connectivity index (χ1v) is 5.95. The van der Waals surface area contributed by atoms with Crippen LogP contribution >= 0.6 is 11.8 Å². The first kappa shape index (κ1) is 11.5. The van der Waals surface area contributed by atoms with Gasteiger partial charge in [-0.2, -0.15) is 11.8 Å². The summed E-state index contributed by atoms with van der Waals surface area (Å²) in [6.45, 7) is 2.09. The molecule has 2 N–H and O–H groups in total. The Morgan fingerprint density at radius 1 is 1.36 bits per heavy atom. The van der Waals surface area contributed by atoms with Gasteiger partial charge in [-0.15, -0.1) is 0 Å². The molecule has 0 saturated heterocycles. The summed E-state index contributed by atoms with van der Waals surface area (Å²) in [6, 6.07) is 6.91. The van der Waals surface area contributed by atoms with Gasteiger partial charge in [-0.05, 0) is 24.1 Å². The second-order valence-electron chi connectivity index (χ2n) is 3.31. The van der Waals surface area contributed by atoms with Gasteiger partial charge in [0.25, 0.3) is 0 Å². The molecule has 0 bridgehead atoms. The lowest BCUT2D eigenvalue weighted by molar-refractivity contribution is 0.627. The number of rotatable bonds is 5. The van der Waals surface area contributed by atoms with Crippen LogP contribution in [0.15, 0.2) is 24.3 Å². The van der Waals surface area contributed by atoms with Gasteiger partial charge in [-0.3, -0.25) is 0 Å². The van der Waals surface area contributed by atoms with Crippen molar-refractivity contribution in [3.63, 3.8) is 0 Å². The van der Waals surface area contributed by atoms with E-state index in [1.165, 1.54) is 12.1 Å². The van der Waals surface area contributed by atoms with Gasteiger partial charge in [0, 0.05) is 17.5 Å². The number of nitrogens with two attached hydrogens (primary N) is 1. The summed E-state index contributed by atoms with van der Waals surface area (Å²) >= 11 is 1.80. The maximum Gasteiger partial charge on any atom is 0.123 e. The number of benzene rings is 1. The van der Waals surface area contributed by atoms with E-state index in [4.69, 9.17) is 5.73 Å². The second kappa shape index (κ2) is 6.04. The SMILES string of the molecule is CCC(N)CSCc1ccc(F)cc1. The van der Waals surface area contributed by atoms with Crippen LogP contribution in [0.3, 0.4) is 0 Å². The van der Waals surface area contributed by atoms with Gasteiger partial charge in [-0.1, -0.05) is 19.1 Å². The van der Waals surface area contributed by atoms with Crippen molar-refractivity contribution in [2.45, 2.75) is 25.1 Å². The van der Waals surface area contributed by atoms with Crippen molar-refractivity contribution in [3.05, 3.63) is 35.6 Å². The number of hydrogen-bond acceptors (Lipinski definition) is 2. The van der Waals surface area contributed by atoms with Gasteiger partial charge in [-0.25, -0.2) is 4.39 Å². The second-order valence-corrected chi connectivity index (χ2v) is 4.34. The quantitative estimate of drug-likeness (QED) is 0.814. The lowest BCUT2D eigenvalue weighted by atomic mass is 10.2. The van der Waals surface area contributed by atoms with Crippen molar-refractivity contribution in [2.75, 3.05) is 5.75 Å². The van der Waals surface area contributed by atoms with Crippen LogP contribution in [0.5, 0.6) is 0 Å². The molecule has 3 heteroatoms. The topological polar surface area (TPSA) is 26.0 Å². The van der Waals surface area contributed by atoms with E-state index in [2.05, 4.69) is 6.92 Å². The highest BCUT2D eigenvalue weighted by Crippen LogP contribution is 2.13. The van der Waals surface area contributed by atoms with Gasteiger partial charge in [0.05, 0.1) is 0 Å². The monoisotopic (exact) mass is 213 g/mol. The first-order chi connectivity index (χ1) is 6.72. The maximum absolute atomic E-state index is 12.6. The number of halogens is 1. The molecule has 0 aliphatic carbocycles. The molecular weight excluding hydrogens is 197 g/mol. The largest absolute Gasteiger partial charge is 0.327 e. The molecule has 1 rings (SSSR count). The summed E-state index contributed by atoms with van der Waals surface area (Å²) in [5.41, 5.74) is 6.93. The molecule has 0 aromatic heterocycles. The van der Waals surface area contributed by atoms with Gasteiger partial charge in [0.2, 0.25) is 0 Å². The van der Waals surface area contributed by atoms with Crippen LogP contribution in [0, 0.1) is 5.82 Å². The predicted octanol–water partition coefficient (Wildman–Crippen LogP) is 2.80. The minimum Gasteiger partial charge on any atom is -0.327 e. The van der Waals surface area contributed by atoms with Gasteiger partial charge in [0.15, 0.2) is 0 Å². The molecule has 0 heterocycles. The van der Waals surface area contributed by atoms with Crippen LogP contribution in [-0.4, -0.2) is 11.8 Å². The summed E-state index contributed by atoms with van der Waals surface area (Å²) in [7, 11) is 0. The molecule has 1 unspecified atom stereocenters. The maximum atomic E-state index is 12.6. The minimum atomic E-state index is -0.177. The Labute approximate surface area is 88.9 Å². The van der Waals surface area contributed by atoms with E-state index in [0.29, 0.717) is 0 Å². The third kappa shape index (κ3) is 4.11. The Balaban J connectivity index is 2.28. The molecule has 1 atom stereocenters. The molecule has 1 aromatic rings. The third-order valence-electron chi connectivity index (χ3n) is 2.04. The summed E-state index contributed by atoms with van der Waals surface area (Å²) in [5, 5.41) is 0. The van der Waals surface area contributed by atoms with Crippen molar-refractivity contribution in [1.82, 2.24) is 0 Å². The standard InChI is InChI=1S/C11H16FNS/c1-2-11(13)8-14-7-9-3-5-10(12)6-4-9/h3-6,11H,2,7-8,13H2,1H3. The molecular formula is C11H16FNS. The Morgan fingerprint density at radius 3 is 2.57 bits per heavy atom. The van der Waals surface area contributed by atoms with Crippen molar-refractivity contribution < 1.29 is 4.39 Å². The van der Waals surface area contributed by atoms with Crippen LogP contribution < -0.4 is 5.73 Å². The van der Waals surface area contributed by atoms with Crippen LogP contribution in [0.4, 0.5) is 4.39 Å². The molecule has 14 heavy (non-hydrogen) atoms. The Hall–Kier alpha value is -0.540. The smallest absolute Gasteiger partial charge is 0.123 e. The summed E-state index contributed by atoms with van der Waals surface area (Å²) in [4.78, 5) is 0. The highest BCUT2D eigenvalue weighted by Gasteiger charge is 1.99. The number of hydrogen-bond donors (Lipinski definition) is 1. The summed E-state index contributed by atoms with van der Waals surface area (Å²) in [6.07, 6.45) is 1.01. The Kier molecular flexibility index (Phi) is 4.98. The van der Waals surface area contributed by atoms with Crippen molar-refractivity contribution >= 4 is 11.8 Å². The molecule has 0 radical (unpaired) electrons. The third-order valence-corrected chi connectivity index (χ3v) is 3.24. The first-order valence-electron chi connectivity index (χ1n) is 4.80. The molecule has 1 nitrogen and oxygen atoms in total. The molecule has 0 spiro atoms. The van der Waals surface area contributed by atoms with E-state index in [-0.39, 0.29) is 11.9 Å². The zero-order valence-electron chi connectivity index (χ0n) is 8.37. The van der Waals surface area contributed by atoms with Crippen LogP contribution in [0.25, 0.3) is 0 Å². The van der Waals surface area contributed by atoms with Crippen molar-refractivity contribution in [3.8, 4) is 0 Å². The van der Waals surface area contributed by atoms with E-state index < -0.39 is 0 Å². The van der Waals surface area contributed by atoms with E-state index >= 15 is 0 Å². The van der Waals surface area contributed by atoms with E-state index in [1.54, 1.807) is 11.8 Å². The lowest BCUT2D eigenvalue weighted by Crippen LogP contribution is -2.21.